The number of imide groups is 1. The Morgan fingerprint density at radius 2 is 1.96 bits per heavy atom. The minimum absolute atomic E-state index is 0.272. The van der Waals surface area contributed by atoms with Crippen LogP contribution in [0.2, 0.25) is 0 Å². The Morgan fingerprint density at radius 3 is 2.72 bits per heavy atom. The lowest BCUT2D eigenvalue weighted by atomic mass is 10.1. The summed E-state index contributed by atoms with van der Waals surface area (Å²) >= 11 is 0. The van der Waals surface area contributed by atoms with Gasteiger partial charge in [-0.3, -0.25) is 10.1 Å². The molecule has 0 radical (unpaired) electrons. The van der Waals surface area contributed by atoms with Crippen LogP contribution in [0, 0.1) is 0 Å². The van der Waals surface area contributed by atoms with Crippen molar-refractivity contribution in [1.82, 2.24) is 24.9 Å². The van der Waals surface area contributed by atoms with Crippen molar-refractivity contribution in [3.8, 4) is 0 Å². The number of hydrogen-bond donors (Lipinski definition) is 1. The first kappa shape index (κ1) is 16.4. The molecule has 0 aromatic heterocycles. The number of hydrogen-bond acceptors (Lipinski definition) is 6. The van der Waals surface area contributed by atoms with Crippen LogP contribution in [-0.4, -0.2) is 82.9 Å². The van der Waals surface area contributed by atoms with Crippen LogP contribution >= 0.6 is 0 Å². The number of fused-ring (bicyclic) bond motifs is 3. The first-order chi connectivity index (χ1) is 12.1. The number of guanidine groups is 1. The standard InChI is InChI=1S/C17H26N6O2/c1-12-11-23-13-14(20(2)17(25)19-15(13)24)18-16(23)22(12)10-6-9-21-7-4-3-5-8-21/h11,13-14H,3-10H2,1-2H3,(H,19,24,25). The molecule has 2 atom stereocenters. The van der Waals surface area contributed by atoms with Gasteiger partial charge in [0.15, 0.2) is 12.2 Å². The number of carbonyl (C=O) groups excluding carboxylic acids is 2. The van der Waals surface area contributed by atoms with E-state index in [0.29, 0.717) is 0 Å². The molecule has 4 heterocycles. The van der Waals surface area contributed by atoms with Crippen LogP contribution in [0.15, 0.2) is 16.9 Å². The normalized spacial score (nSPS) is 29.4. The molecular weight excluding hydrogens is 320 g/mol. The van der Waals surface area contributed by atoms with Gasteiger partial charge < -0.3 is 19.6 Å². The molecule has 1 N–H and O–H groups in total. The van der Waals surface area contributed by atoms with E-state index in [4.69, 9.17) is 4.99 Å². The smallest absolute Gasteiger partial charge is 0.315 e. The van der Waals surface area contributed by atoms with Crippen molar-refractivity contribution in [2.45, 2.75) is 44.8 Å². The highest BCUT2D eigenvalue weighted by molar-refractivity contribution is 6.04. The number of likely N-dealkylation sites (N-methyl/N-ethyl adjacent to an activating group) is 1. The number of piperidine rings is 1. The molecule has 0 saturated carbocycles. The molecule has 136 valence electrons. The van der Waals surface area contributed by atoms with Gasteiger partial charge in [0.2, 0.25) is 5.96 Å². The van der Waals surface area contributed by atoms with E-state index < -0.39 is 12.2 Å². The number of allylic oxidation sites excluding steroid dienone is 1. The molecule has 3 amide bonds. The Morgan fingerprint density at radius 1 is 1.20 bits per heavy atom. The first-order valence-corrected chi connectivity index (χ1v) is 9.18. The monoisotopic (exact) mass is 346 g/mol. The van der Waals surface area contributed by atoms with E-state index in [-0.39, 0.29) is 11.9 Å². The zero-order valence-corrected chi connectivity index (χ0v) is 14.9. The molecule has 25 heavy (non-hydrogen) atoms. The second kappa shape index (κ2) is 6.33. The average Bonchev–Trinajstić information content (AvgIpc) is 3.10. The molecule has 0 aromatic carbocycles. The van der Waals surface area contributed by atoms with E-state index in [2.05, 4.69) is 15.1 Å². The topological polar surface area (TPSA) is 71.5 Å². The van der Waals surface area contributed by atoms with Gasteiger partial charge >= 0.3 is 6.03 Å². The van der Waals surface area contributed by atoms with Gasteiger partial charge in [0.05, 0.1) is 0 Å². The maximum Gasteiger partial charge on any atom is 0.325 e. The Kier molecular flexibility index (Phi) is 4.15. The van der Waals surface area contributed by atoms with Crippen molar-refractivity contribution in [2.75, 3.05) is 33.2 Å². The molecule has 0 aromatic rings. The third-order valence-electron chi connectivity index (χ3n) is 5.57. The number of aliphatic imine (C=N–C) groups is 1. The third kappa shape index (κ3) is 2.78. The second-order valence-corrected chi connectivity index (χ2v) is 7.28. The van der Waals surface area contributed by atoms with Gasteiger partial charge in [-0.25, -0.2) is 9.79 Å². The number of nitrogens with zero attached hydrogens (tertiary/aromatic N) is 5. The summed E-state index contributed by atoms with van der Waals surface area (Å²) in [6, 6.07) is -0.839. The maximum absolute atomic E-state index is 12.3. The van der Waals surface area contributed by atoms with Crippen LogP contribution in [0.5, 0.6) is 0 Å². The zero-order valence-electron chi connectivity index (χ0n) is 14.9. The lowest BCUT2D eigenvalue weighted by Crippen LogP contribution is -2.62. The van der Waals surface area contributed by atoms with E-state index >= 15 is 0 Å². The van der Waals surface area contributed by atoms with Gasteiger partial charge in [-0.2, -0.15) is 0 Å². The summed E-state index contributed by atoms with van der Waals surface area (Å²) in [6.45, 7) is 6.44. The summed E-state index contributed by atoms with van der Waals surface area (Å²) < 4.78 is 0. The van der Waals surface area contributed by atoms with E-state index in [0.717, 1.165) is 31.2 Å². The summed E-state index contributed by atoms with van der Waals surface area (Å²) in [6.07, 6.45) is 6.57. The number of likely N-dealkylation sites (tertiary alicyclic amines) is 1. The third-order valence-corrected chi connectivity index (χ3v) is 5.57. The van der Waals surface area contributed by atoms with Crippen molar-refractivity contribution in [3.05, 3.63) is 11.9 Å². The maximum atomic E-state index is 12.3. The Labute approximate surface area is 148 Å². The Hall–Kier alpha value is -2.09. The van der Waals surface area contributed by atoms with Crippen molar-refractivity contribution < 1.29 is 9.59 Å². The van der Waals surface area contributed by atoms with Crippen LogP contribution in [0.4, 0.5) is 4.79 Å². The molecule has 8 nitrogen and oxygen atoms in total. The lowest BCUT2D eigenvalue weighted by Gasteiger charge is -2.34. The van der Waals surface area contributed by atoms with Crippen LogP contribution < -0.4 is 5.32 Å². The van der Waals surface area contributed by atoms with Gasteiger partial charge in [0.1, 0.15) is 0 Å². The van der Waals surface area contributed by atoms with E-state index in [9.17, 15) is 9.59 Å². The minimum atomic E-state index is -0.459. The zero-order chi connectivity index (χ0) is 17.6. The van der Waals surface area contributed by atoms with Crippen molar-refractivity contribution in [2.24, 2.45) is 4.99 Å². The summed E-state index contributed by atoms with van der Waals surface area (Å²) in [4.78, 5) is 36.9. The molecule has 8 heteroatoms. The predicted octanol–water partition coefficient (Wildman–Crippen LogP) is 0.587. The quantitative estimate of drug-likeness (QED) is 0.807. The highest BCUT2D eigenvalue weighted by Crippen LogP contribution is 2.31. The number of nitrogens with one attached hydrogen (secondary N) is 1. The molecule has 2 fully saturated rings. The molecule has 2 unspecified atom stereocenters. The van der Waals surface area contributed by atoms with E-state index in [1.807, 2.05) is 18.0 Å². The Balaban J connectivity index is 1.43. The van der Waals surface area contributed by atoms with Crippen molar-refractivity contribution in [1.29, 1.82) is 0 Å². The van der Waals surface area contributed by atoms with Crippen molar-refractivity contribution >= 4 is 17.9 Å². The van der Waals surface area contributed by atoms with Gasteiger partial charge in [-0.15, -0.1) is 0 Å². The number of amides is 3. The molecular formula is C17H26N6O2. The minimum Gasteiger partial charge on any atom is -0.315 e. The van der Waals surface area contributed by atoms with Gasteiger partial charge in [-0.1, -0.05) is 6.42 Å². The molecule has 0 spiro atoms. The van der Waals surface area contributed by atoms with Crippen LogP contribution in [0.25, 0.3) is 0 Å². The van der Waals surface area contributed by atoms with Crippen molar-refractivity contribution in [3.63, 3.8) is 0 Å². The number of rotatable bonds is 4. The molecule has 4 rings (SSSR count). The molecule has 4 aliphatic heterocycles. The van der Waals surface area contributed by atoms with E-state index in [1.54, 1.807) is 7.05 Å². The fraction of sp³-hybridized carbons (Fsp3) is 0.706. The SMILES string of the molecule is CC1=CN2C(=NC3C2C(=O)NC(=O)N3C)N1CCCN1CCCCC1. The van der Waals surface area contributed by atoms with Crippen LogP contribution in [-0.2, 0) is 4.79 Å². The fourth-order valence-electron chi connectivity index (χ4n) is 4.16. The van der Waals surface area contributed by atoms with Crippen LogP contribution in [0.1, 0.15) is 32.6 Å². The molecule has 4 aliphatic rings. The summed E-state index contributed by atoms with van der Waals surface area (Å²) in [5, 5.41) is 2.41. The largest absolute Gasteiger partial charge is 0.325 e. The average molecular weight is 346 g/mol. The second-order valence-electron chi connectivity index (χ2n) is 7.28. The number of carbonyl (C=O) groups is 2. The van der Waals surface area contributed by atoms with Gasteiger partial charge in [0.25, 0.3) is 5.91 Å². The summed E-state index contributed by atoms with van der Waals surface area (Å²) in [5.41, 5.74) is 1.10. The molecule has 0 bridgehead atoms. The summed E-state index contributed by atoms with van der Waals surface area (Å²) in [7, 11) is 1.68. The molecule has 0 aliphatic carbocycles. The number of urea groups is 1. The van der Waals surface area contributed by atoms with E-state index in [1.165, 1.54) is 37.3 Å². The van der Waals surface area contributed by atoms with Gasteiger partial charge in [-0.05, 0) is 45.8 Å². The molecule has 2 saturated heterocycles. The highest BCUT2D eigenvalue weighted by Gasteiger charge is 2.51. The first-order valence-electron chi connectivity index (χ1n) is 9.18. The lowest BCUT2D eigenvalue weighted by molar-refractivity contribution is -0.126. The summed E-state index contributed by atoms with van der Waals surface area (Å²) in [5.74, 6) is 0.522. The fourth-order valence-corrected chi connectivity index (χ4v) is 4.16. The predicted molar refractivity (Wildman–Crippen MR) is 93.5 cm³/mol. The van der Waals surface area contributed by atoms with Gasteiger partial charge in [0, 0.05) is 25.5 Å². The Bertz CT molecular complexity index is 639. The van der Waals surface area contributed by atoms with Crippen LogP contribution in [0.3, 0.4) is 0 Å². The highest BCUT2D eigenvalue weighted by atomic mass is 16.2.